The second-order valence-electron chi connectivity index (χ2n) is 5.01. The van der Waals surface area contributed by atoms with Crippen molar-refractivity contribution in [3.8, 4) is 0 Å². The minimum absolute atomic E-state index is 0.240. The number of hydrogen-bond donors (Lipinski definition) is 1. The maximum absolute atomic E-state index is 6.21. The van der Waals surface area contributed by atoms with E-state index >= 15 is 0 Å². The van der Waals surface area contributed by atoms with Crippen molar-refractivity contribution in [2.75, 3.05) is 19.6 Å². The predicted octanol–water partition coefficient (Wildman–Crippen LogP) is 2.21. The lowest BCUT2D eigenvalue weighted by Crippen LogP contribution is -2.40. The summed E-state index contributed by atoms with van der Waals surface area (Å²) in [7, 11) is 0. The third-order valence-electron chi connectivity index (χ3n) is 3.35. The Bertz CT molecular complexity index is 370. The third kappa shape index (κ3) is 3.99. The van der Waals surface area contributed by atoms with Crippen LogP contribution in [0.4, 0.5) is 0 Å². The molecule has 1 aromatic carbocycles. The maximum atomic E-state index is 6.21. The van der Waals surface area contributed by atoms with E-state index in [0.717, 1.165) is 26.1 Å². The molecule has 1 atom stereocenters. The van der Waals surface area contributed by atoms with Gasteiger partial charge in [-0.15, -0.1) is 0 Å². The minimum Gasteiger partial charge on any atom is -0.326 e. The second kappa shape index (κ2) is 5.99. The highest BCUT2D eigenvalue weighted by Crippen LogP contribution is 2.10. The number of hydrogen-bond acceptors (Lipinski definition) is 2. The van der Waals surface area contributed by atoms with Crippen molar-refractivity contribution in [2.45, 2.75) is 25.8 Å². The quantitative estimate of drug-likeness (QED) is 0.804. The van der Waals surface area contributed by atoms with Gasteiger partial charge in [0.25, 0.3) is 0 Å². The van der Waals surface area contributed by atoms with Gasteiger partial charge in [-0.2, -0.15) is 0 Å². The molecule has 0 unspecified atom stereocenters. The topological polar surface area (TPSA) is 29.3 Å². The van der Waals surface area contributed by atoms with Crippen LogP contribution in [0.3, 0.4) is 0 Å². The standard InChI is InChI=1S/C15H22N2/c1-13-7-9-17(10-8-13)12-15(16)11-14-5-3-2-4-6-14/h2-7,15H,8-12,16H2,1H3/t15-/m0/s1. The molecule has 17 heavy (non-hydrogen) atoms. The van der Waals surface area contributed by atoms with Crippen molar-refractivity contribution in [1.29, 1.82) is 0 Å². The summed E-state index contributed by atoms with van der Waals surface area (Å²) in [6.07, 6.45) is 4.48. The average Bonchev–Trinajstić information content (AvgIpc) is 2.33. The lowest BCUT2D eigenvalue weighted by molar-refractivity contribution is 0.274. The molecule has 2 nitrogen and oxygen atoms in total. The number of nitrogens with two attached hydrogens (primary N) is 1. The zero-order valence-electron chi connectivity index (χ0n) is 10.6. The molecule has 1 aliphatic heterocycles. The molecular weight excluding hydrogens is 208 g/mol. The van der Waals surface area contributed by atoms with Crippen LogP contribution in [-0.4, -0.2) is 30.6 Å². The molecule has 1 heterocycles. The van der Waals surface area contributed by atoms with E-state index in [-0.39, 0.29) is 6.04 Å². The molecule has 0 saturated heterocycles. The Morgan fingerprint density at radius 3 is 2.71 bits per heavy atom. The van der Waals surface area contributed by atoms with Gasteiger partial charge < -0.3 is 5.73 Å². The molecule has 0 fully saturated rings. The van der Waals surface area contributed by atoms with Gasteiger partial charge in [0.05, 0.1) is 0 Å². The van der Waals surface area contributed by atoms with Crippen molar-refractivity contribution < 1.29 is 0 Å². The van der Waals surface area contributed by atoms with Gasteiger partial charge in [-0.1, -0.05) is 42.0 Å². The van der Waals surface area contributed by atoms with Gasteiger partial charge in [0.1, 0.15) is 0 Å². The van der Waals surface area contributed by atoms with E-state index in [1.165, 1.54) is 17.6 Å². The number of rotatable bonds is 4. The first-order valence-electron chi connectivity index (χ1n) is 6.41. The summed E-state index contributed by atoms with van der Waals surface area (Å²) in [5.74, 6) is 0. The highest BCUT2D eigenvalue weighted by Gasteiger charge is 2.13. The first kappa shape index (κ1) is 12.3. The van der Waals surface area contributed by atoms with Crippen LogP contribution < -0.4 is 5.73 Å². The Morgan fingerprint density at radius 2 is 2.06 bits per heavy atom. The monoisotopic (exact) mass is 230 g/mol. The summed E-state index contributed by atoms with van der Waals surface area (Å²) < 4.78 is 0. The Hall–Kier alpha value is -1.12. The molecule has 0 aliphatic carbocycles. The molecule has 0 amide bonds. The maximum Gasteiger partial charge on any atom is 0.0208 e. The van der Waals surface area contributed by atoms with Gasteiger partial charge in [-0.05, 0) is 25.3 Å². The van der Waals surface area contributed by atoms with E-state index in [1.807, 2.05) is 6.07 Å². The molecule has 0 radical (unpaired) electrons. The van der Waals surface area contributed by atoms with E-state index in [9.17, 15) is 0 Å². The van der Waals surface area contributed by atoms with Crippen LogP contribution in [-0.2, 0) is 6.42 Å². The highest BCUT2D eigenvalue weighted by molar-refractivity contribution is 5.16. The first-order valence-corrected chi connectivity index (χ1v) is 6.41. The summed E-state index contributed by atoms with van der Waals surface area (Å²) in [5.41, 5.74) is 9.06. The summed E-state index contributed by atoms with van der Waals surface area (Å²) in [6.45, 7) is 5.43. The molecule has 1 aliphatic rings. The smallest absolute Gasteiger partial charge is 0.0208 e. The lowest BCUT2D eigenvalue weighted by atomic mass is 10.0. The predicted molar refractivity (Wildman–Crippen MR) is 72.9 cm³/mol. The van der Waals surface area contributed by atoms with E-state index in [4.69, 9.17) is 5.73 Å². The second-order valence-corrected chi connectivity index (χ2v) is 5.01. The molecule has 2 N–H and O–H groups in total. The molecule has 0 aromatic heterocycles. The van der Waals surface area contributed by atoms with Gasteiger partial charge >= 0.3 is 0 Å². The van der Waals surface area contributed by atoms with E-state index < -0.39 is 0 Å². The molecule has 0 bridgehead atoms. The molecule has 0 saturated carbocycles. The fourth-order valence-corrected chi connectivity index (χ4v) is 2.29. The fourth-order valence-electron chi connectivity index (χ4n) is 2.29. The third-order valence-corrected chi connectivity index (χ3v) is 3.35. The summed E-state index contributed by atoms with van der Waals surface area (Å²) in [5, 5.41) is 0. The van der Waals surface area contributed by atoms with Crippen LogP contribution in [0.25, 0.3) is 0 Å². The molecular formula is C15H22N2. The Labute approximate surface area is 104 Å². The first-order chi connectivity index (χ1) is 8.24. The van der Waals surface area contributed by atoms with Gasteiger partial charge in [-0.3, -0.25) is 4.90 Å². The molecule has 1 aromatic rings. The van der Waals surface area contributed by atoms with Crippen molar-refractivity contribution in [2.24, 2.45) is 5.73 Å². The Kier molecular flexibility index (Phi) is 4.35. The van der Waals surface area contributed by atoms with Crippen molar-refractivity contribution in [1.82, 2.24) is 4.90 Å². The van der Waals surface area contributed by atoms with Crippen LogP contribution in [0.15, 0.2) is 42.0 Å². The zero-order chi connectivity index (χ0) is 12.1. The van der Waals surface area contributed by atoms with Gasteiger partial charge in [-0.25, -0.2) is 0 Å². The molecule has 92 valence electrons. The zero-order valence-corrected chi connectivity index (χ0v) is 10.6. The van der Waals surface area contributed by atoms with Crippen molar-refractivity contribution in [3.05, 3.63) is 47.5 Å². The molecule has 2 heteroatoms. The van der Waals surface area contributed by atoms with Crippen LogP contribution in [0.2, 0.25) is 0 Å². The van der Waals surface area contributed by atoms with Gasteiger partial charge in [0.2, 0.25) is 0 Å². The lowest BCUT2D eigenvalue weighted by Gasteiger charge is -2.27. The molecule has 2 rings (SSSR count). The van der Waals surface area contributed by atoms with Gasteiger partial charge in [0.15, 0.2) is 0 Å². The Balaban J connectivity index is 1.80. The minimum atomic E-state index is 0.240. The van der Waals surface area contributed by atoms with Crippen molar-refractivity contribution >= 4 is 0 Å². The summed E-state index contributed by atoms with van der Waals surface area (Å²) in [6, 6.07) is 10.8. The van der Waals surface area contributed by atoms with E-state index in [1.54, 1.807) is 0 Å². The molecule has 0 spiro atoms. The average molecular weight is 230 g/mol. The highest BCUT2D eigenvalue weighted by atomic mass is 15.1. The van der Waals surface area contributed by atoms with Gasteiger partial charge in [0, 0.05) is 25.7 Å². The largest absolute Gasteiger partial charge is 0.326 e. The summed E-state index contributed by atoms with van der Waals surface area (Å²) in [4.78, 5) is 2.45. The van der Waals surface area contributed by atoms with Crippen LogP contribution >= 0.6 is 0 Å². The van der Waals surface area contributed by atoms with Crippen molar-refractivity contribution in [3.63, 3.8) is 0 Å². The number of nitrogens with zero attached hydrogens (tertiary/aromatic N) is 1. The van der Waals surface area contributed by atoms with Crippen LogP contribution in [0.5, 0.6) is 0 Å². The van der Waals surface area contributed by atoms with Crippen LogP contribution in [0, 0.1) is 0 Å². The van der Waals surface area contributed by atoms with E-state index in [0.29, 0.717) is 0 Å². The number of benzene rings is 1. The van der Waals surface area contributed by atoms with Crippen LogP contribution in [0.1, 0.15) is 18.9 Å². The fraction of sp³-hybridized carbons (Fsp3) is 0.467. The normalized spacial score (nSPS) is 18.8. The van der Waals surface area contributed by atoms with E-state index in [2.05, 4.69) is 42.2 Å². The SMILES string of the molecule is CC1=CCN(C[C@@H](N)Cc2ccccc2)CC1. The summed E-state index contributed by atoms with van der Waals surface area (Å²) >= 11 is 0. The Morgan fingerprint density at radius 1 is 1.29 bits per heavy atom.